The molecule has 0 spiro atoms. The van der Waals surface area contributed by atoms with Crippen molar-refractivity contribution in [1.29, 1.82) is 0 Å². The first-order valence-corrected chi connectivity index (χ1v) is 10.1. The number of amides is 2. The van der Waals surface area contributed by atoms with Crippen molar-refractivity contribution in [3.63, 3.8) is 0 Å². The van der Waals surface area contributed by atoms with E-state index in [9.17, 15) is 4.79 Å². The molecule has 1 saturated carbocycles. The standard InChI is InChI=1S/C19H28Cl2N2O3/c1-2-25-18(14-5-3-4-6-14)9-10-22-19(24)23-11-12-26-15-7-8-16(20)17(21)13-15/h7-8,13-14,18H,2-6,9-12H2,1H3,(H2,22,23,24). The zero-order valence-corrected chi connectivity index (χ0v) is 16.7. The maximum atomic E-state index is 11.9. The van der Waals surface area contributed by atoms with E-state index in [1.165, 1.54) is 25.7 Å². The number of hydrogen-bond donors (Lipinski definition) is 2. The Labute approximate surface area is 165 Å². The minimum Gasteiger partial charge on any atom is -0.492 e. The summed E-state index contributed by atoms with van der Waals surface area (Å²) in [6.45, 7) is 4.12. The van der Waals surface area contributed by atoms with Gasteiger partial charge >= 0.3 is 6.03 Å². The van der Waals surface area contributed by atoms with Crippen LogP contribution in [0.3, 0.4) is 0 Å². The van der Waals surface area contributed by atoms with Gasteiger partial charge in [0.2, 0.25) is 0 Å². The molecule has 2 N–H and O–H groups in total. The van der Waals surface area contributed by atoms with Crippen molar-refractivity contribution in [3.05, 3.63) is 28.2 Å². The van der Waals surface area contributed by atoms with E-state index in [4.69, 9.17) is 32.7 Å². The van der Waals surface area contributed by atoms with Crippen LogP contribution in [0.15, 0.2) is 18.2 Å². The highest BCUT2D eigenvalue weighted by molar-refractivity contribution is 6.42. The number of ether oxygens (including phenoxy) is 2. The van der Waals surface area contributed by atoms with Gasteiger partial charge in [0.25, 0.3) is 0 Å². The predicted octanol–water partition coefficient (Wildman–Crippen LogP) is 4.66. The number of benzene rings is 1. The number of hydrogen-bond acceptors (Lipinski definition) is 3. The Kier molecular flexibility index (Phi) is 9.37. The smallest absolute Gasteiger partial charge is 0.314 e. The Balaban J connectivity index is 1.58. The quantitative estimate of drug-likeness (QED) is 0.559. The van der Waals surface area contributed by atoms with Crippen molar-refractivity contribution in [1.82, 2.24) is 10.6 Å². The Morgan fingerprint density at radius 3 is 2.62 bits per heavy atom. The van der Waals surface area contributed by atoms with Crippen LogP contribution in [-0.2, 0) is 4.74 Å². The van der Waals surface area contributed by atoms with Gasteiger partial charge in [-0.3, -0.25) is 0 Å². The van der Waals surface area contributed by atoms with Gasteiger partial charge < -0.3 is 20.1 Å². The maximum Gasteiger partial charge on any atom is 0.314 e. The lowest BCUT2D eigenvalue weighted by atomic mass is 9.98. The second-order valence-electron chi connectivity index (χ2n) is 6.43. The van der Waals surface area contributed by atoms with E-state index in [-0.39, 0.29) is 12.1 Å². The van der Waals surface area contributed by atoms with Gasteiger partial charge in [-0.05, 0) is 44.2 Å². The monoisotopic (exact) mass is 402 g/mol. The van der Waals surface area contributed by atoms with Crippen LogP contribution in [0.25, 0.3) is 0 Å². The highest BCUT2D eigenvalue weighted by Crippen LogP contribution is 2.30. The van der Waals surface area contributed by atoms with Crippen LogP contribution in [-0.4, -0.2) is 38.4 Å². The molecule has 146 valence electrons. The summed E-state index contributed by atoms with van der Waals surface area (Å²) in [5.41, 5.74) is 0. The third-order valence-corrected chi connectivity index (χ3v) is 5.31. The molecule has 2 amide bonds. The van der Waals surface area contributed by atoms with E-state index in [1.54, 1.807) is 18.2 Å². The van der Waals surface area contributed by atoms with Gasteiger partial charge in [-0.1, -0.05) is 36.0 Å². The number of carbonyl (C=O) groups is 1. The molecule has 26 heavy (non-hydrogen) atoms. The molecule has 1 aromatic rings. The van der Waals surface area contributed by atoms with Gasteiger partial charge in [0, 0.05) is 19.2 Å². The van der Waals surface area contributed by atoms with Crippen LogP contribution in [0, 0.1) is 5.92 Å². The zero-order valence-electron chi connectivity index (χ0n) is 15.2. The molecule has 0 radical (unpaired) electrons. The van der Waals surface area contributed by atoms with Crippen LogP contribution < -0.4 is 15.4 Å². The topological polar surface area (TPSA) is 59.6 Å². The molecule has 0 heterocycles. The molecular weight excluding hydrogens is 375 g/mol. The summed E-state index contributed by atoms with van der Waals surface area (Å²) in [5, 5.41) is 6.60. The normalized spacial score (nSPS) is 15.7. The first-order chi connectivity index (χ1) is 12.6. The van der Waals surface area contributed by atoms with Gasteiger partial charge in [0.15, 0.2) is 0 Å². The van der Waals surface area contributed by atoms with Crippen LogP contribution >= 0.6 is 23.2 Å². The fourth-order valence-corrected chi connectivity index (χ4v) is 3.58. The SMILES string of the molecule is CCOC(CCNC(=O)NCCOc1ccc(Cl)c(Cl)c1)C1CCCC1. The van der Waals surface area contributed by atoms with Gasteiger partial charge in [-0.25, -0.2) is 4.79 Å². The molecule has 2 rings (SSSR count). The summed E-state index contributed by atoms with van der Waals surface area (Å²) < 4.78 is 11.4. The lowest BCUT2D eigenvalue weighted by Crippen LogP contribution is -2.39. The molecule has 1 aliphatic rings. The summed E-state index contributed by atoms with van der Waals surface area (Å²) in [6, 6.07) is 4.88. The summed E-state index contributed by atoms with van der Waals surface area (Å²) in [5.74, 6) is 1.26. The van der Waals surface area contributed by atoms with E-state index in [0.29, 0.717) is 41.4 Å². The highest BCUT2D eigenvalue weighted by atomic mass is 35.5. The van der Waals surface area contributed by atoms with E-state index in [0.717, 1.165) is 13.0 Å². The lowest BCUT2D eigenvalue weighted by molar-refractivity contribution is 0.0167. The molecule has 1 aromatic carbocycles. The second-order valence-corrected chi connectivity index (χ2v) is 7.25. The van der Waals surface area contributed by atoms with Gasteiger partial charge in [-0.2, -0.15) is 0 Å². The van der Waals surface area contributed by atoms with Crippen LogP contribution in [0.1, 0.15) is 39.0 Å². The third-order valence-electron chi connectivity index (χ3n) is 4.57. The van der Waals surface area contributed by atoms with Crippen molar-refractivity contribution in [2.45, 2.75) is 45.1 Å². The first-order valence-electron chi connectivity index (χ1n) is 9.31. The van der Waals surface area contributed by atoms with Crippen molar-refractivity contribution in [3.8, 4) is 5.75 Å². The first kappa shape index (κ1) is 21.1. The molecule has 1 fully saturated rings. The molecule has 1 atom stereocenters. The molecule has 1 unspecified atom stereocenters. The van der Waals surface area contributed by atoms with E-state index in [1.807, 2.05) is 6.92 Å². The van der Waals surface area contributed by atoms with Crippen LogP contribution in [0.4, 0.5) is 4.79 Å². The summed E-state index contributed by atoms with van der Waals surface area (Å²) in [4.78, 5) is 11.9. The maximum absolute atomic E-state index is 11.9. The molecule has 1 aliphatic carbocycles. The van der Waals surface area contributed by atoms with Crippen molar-refractivity contribution in [2.75, 3.05) is 26.3 Å². The van der Waals surface area contributed by atoms with Gasteiger partial charge in [-0.15, -0.1) is 0 Å². The van der Waals surface area contributed by atoms with Gasteiger partial charge in [0.1, 0.15) is 12.4 Å². The minimum atomic E-state index is -0.190. The Morgan fingerprint density at radius 2 is 1.92 bits per heavy atom. The number of carbonyl (C=O) groups excluding carboxylic acids is 1. The fourth-order valence-electron chi connectivity index (χ4n) is 3.29. The lowest BCUT2D eigenvalue weighted by Gasteiger charge is -2.23. The molecule has 5 nitrogen and oxygen atoms in total. The number of urea groups is 1. The summed E-state index contributed by atoms with van der Waals surface area (Å²) >= 11 is 11.8. The molecule has 0 aromatic heterocycles. The summed E-state index contributed by atoms with van der Waals surface area (Å²) in [6.07, 6.45) is 6.17. The molecular formula is C19H28Cl2N2O3. The largest absolute Gasteiger partial charge is 0.492 e. The third kappa shape index (κ3) is 7.22. The average molecular weight is 403 g/mol. The fraction of sp³-hybridized carbons (Fsp3) is 0.632. The molecule has 0 aliphatic heterocycles. The molecule has 0 saturated heterocycles. The van der Waals surface area contributed by atoms with Crippen molar-refractivity contribution < 1.29 is 14.3 Å². The number of rotatable bonds is 10. The van der Waals surface area contributed by atoms with Crippen LogP contribution in [0.2, 0.25) is 10.0 Å². The Hall–Kier alpha value is -1.17. The Morgan fingerprint density at radius 1 is 1.19 bits per heavy atom. The zero-order chi connectivity index (χ0) is 18.8. The number of nitrogens with one attached hydrogen (secondary N) is 2. The van der Waals surface area contributed by atoms with Crippen molar-refractivity contribution >= 4 is 29.2 Å². The van der Waals surface area contributed by atoms with E-state index >= 15 is 0 Å². The molecule has 7 heteroatoms. The number of halogens is 2. The summed E-state index contributed by atoms with van der Waals surface area (Å²) in [7, 11) is 0. The molecule has 0 bridgehead atoms. The van der Waals surface area contributed by atoms with Gasteiger partial charge in [0.05, 0.1) is 22.7 Å². The predicted molar refractivity (Wildman–Crippen MR) is 105 cm³/mol. The second kappa shape index (κ2) is 11.5. The highest BCUT2D eigenvalue weighted by Gasteiger charge is 2.25. The van der Waals surface area contributed by atoms with Crippen LogP contribution in [0.5, 0.6) is 5.75 Å². The minimum absolute atomic E-state index is 0.190. The Bertz CT molecular complexity index is 566. The van der Waals surface area contributed by atoms with E-state index < -0.39 is 0 Å². The van der Waals surface area contributed by atoms with E-state index in [2.05, 4.69) is 10.6 Å². The average Bonchev–Trinajstić information content (AvgIpc) is 3.15. The van der Waals surface area contributed by atoms with Crippen molar-refractivity contribution in [2.24, 2.45) is 5.92 Å².